The van der Waals surface area contributed by atoms with Gasteiger partial charge in [0.1, 0.15) is 0 Å². The van der Waals surface area contributed by atoms with Gasteiger partial charge < -0.3 is 9.84 Å². The smallest absolute Gasteiger partial charge is 0.345 e. The van der Waals surface area contributed by atoms with Gasteiger partial charge in [0.05, 0.1) is 0 Å². The van der Waals surface area contributed by atoms with Crippen LogP contribution in [0.5, 0.6) is 5.75 Å². The Morgan fingerprint density at radius 3 is 2.46 bits per heavy atom. The molecule has 68 valence electrons. The molecule has 0 heterocycles. The zero-order valence-electron chi connectivity index (χ0n) is 7.53. The number of benzene rings is 1. The Morgan fingerprint density at radius 1 is 1.46 bits per heavy atom. The van der Waals surface area contributed by atoms with Crippen molar-refractivity contribution in [2.45, 2.75) is 6.92 Å². The van der Waals surface area contributed by atoms with Crippen LogP contribution in [0.1, 0.15) is 15.9 Å². The second-order valence-corrected chi connectivity index (χ2v) is 2.50. The molecule has 0 atom stereocenters. The summed E-state index contributed by atoms with van der Waals surface area (Å²) in [6, 6.07) is 5.25. The Hall–Kier alpha value is -0.796. The summed E-state index contributed by atoms with van der Waals surface area (Å²) in [5, 5.41) is 8.82. The van der Waals surface area contributed by atoms with Crippen molar-refractivity contribution in [3.05, 3.63) is 29.3 Å². The van der Waals surface area contributed by atoms with E-state index in [0.717, 1.165) is 5.56 Å². The number of aromatic carboxylic acids is 1. The van der Waals surface area contributed by atoms with Crippen LogP contribution in [0.2, 0.25) is 0 Å². The molecule has 4 heteroatoms. The number of carboxylic acid groups (broad SMARTS) is 1. The summed E-state index contributed by atoms with van der Waals surface area (Å²) in [4.78, 5) is 10.7. The van der Waals surface area contributed by atoms with Crippen LogP contribution in [0.4, 0.5) is 0 Å². The third-order valence-corrected chi connectivity index (χ3v) is 1.71. The fraction of sp³-hybridized carbons (Fsp3) is 0.222. The van der Waals surface area contributed by atoms with Crippen molar-refractivity contribution in [3.63, 3.8) is 0 Å². The van der Waals surface area contributed by atoms with Crippen LogP contribution in [0.3, 0.4) is 0 Å². The number of hydrogen-bond donors (Lipinski definition) is 1. The van der Waals surface area contributed by atoms with E-state index in [9.17, 15) is 4.79 Å². The van der Waals surface area contributed by atoms with Crippen LogP contribution < -0.4 is 0 Å². The van der Waals surface area contributed by atoms with Gasteiger partial charge in [0.15, 0.2) is 12.7 Å². The maximum atomic E-state index is 10.7. The molecule has 0 bridgehead atoms. The molecule has 0 unspecified atom stereocenters. The molecule has 3 nitrogen and oxygen atoms in total. The van der Waals surface area contributed by atoms with Crippen LogP contribution in [0, 0.1) is 6.92 Å². The third kappa shape index (κ3) is 2.57. The molecule has 0 aliphatic carbocycles. The number of aliphatic hydroxyl groups is 1. The molecule has 0 radical (unpaired) electrons. The molecule has 0 aliphatic heterocycles. The monoisotopic (exact) mass is 215 g/mol. The van der Waals surface area contributed by atoms with E-state index >= 15 is 0 Å². The van der Waals surface area contributed by atoms with E-state index in [1.165, 1.54) is 0 Å². The molecule has 1 aromatic carbocycles. The normalized spacial score (nSPS) is 8.77. The van der Waals surface area contributed by atoms with Crippen molar-refractivity contribution in [1.82, 2.24) is 0 Å². The van der Waals surface area contributed by atoms with Crippen molar-refractivity contribution in [2.24, 2.45) is 0 Å². The summed E-state index contributed by atoms with van der Waals surface area (Å²) >= 11 is 0. The zero-order valence-corrected chi connectivity index (χ0v) is 9.10. The first-order valence-corrected chi connectivity index (χ1v) is 3.59. The summed E-state index contributed by atoms with van der Waals surface area (Å²) in [7, 11) is 1.58. The first-order chi connectivity index (χ1) is 5.66. The number of aryl methyl sites for hydroxylation is 1. The van der Waals surface area contributed by atoms with E-state index in [-0.39, 0.29) is 21.7 Å². The molecule has 1 aromatic rings. The summed E-state index contributed by atoms with van der Waals surface area (Å²) in [6.45, 7) is 1.76. The minimum Gasteiger partial charge on any atom is -0.584 e. The molecular formula is C9H11O3Ti+. The van der Waals surface area contributed by atoms with Gasteiger partial charge in [-0.1, -0.05) is 12.1 Å². The van der Waals surface area contributed by atoms with Crippen molar-refractivity contribution in [3.8, 4) is 5.75 Å². The molecule has 1 rings (SSSR count). The van der Waals surface area contributed by atoms with Crippen LogP contribution in [-0.4, -0.2) is 22.9 Å². The molecular weight excluding hydrogens is 204 g/mol. The number of rotatable bonds is 2. The first kappa shape index (κ1) is 12.2. The van der Waals surface area contributed by atoms with Gasteiger partial charge in [0, 0.05) is 27.8 Å². The van der Waals surface area contributed by atoms with Crippen molar-refractivity contribution in [2.75, 3.05) is 7.11 Å². The van der Waals surface area contributed by atoms with Crippen LogP contribution in [0.15, 0.2) is 18.2 Å². The number of carboxylic acids is 1. The molecule has 0 saturated heterocycles. The minimum absolute atomic E-state index is 0. The van der Waals surface area contributed by atoms with Gasteiger partial charge in [-0.15, -0.1) is 0 Å². The van der Waals surface area contributed by atoms with E-state index in [0.29, 0.717) is 11.3 Å². The Kier molecular flexibility index (Phi) is 4.74. The Labute approximate surface area is 91.6 Å². The quantitative estimate of drug-likeness (QED) is 0.601. The van der Waals surface area contributed by atoms with E-state index in [4.69, 9.17) is 5.11 Å². The number of hydrogen-bond acceptors (Lipinski definition) is 1. The van der Waals surface area contributed by atoms with E-state index in [2.05, 4.69) is 4.74 Å². The summed E-state index contributed by atoms with van der Waals surface area (Å²) in [5.41, 5.74) is 1.03. The van der Waals surface area contributed by atoms with Gasteiger partial charge in [-0.05, 0) is 12.5 Å². The Bertz CT molecular complexity index is 310. The molecule has 0 saturated carbocycles. The van der Waals surface area contributed by atoms with Gasteiger partial charge in [-0.2, -0.15) is 0 Å². The molecule has 13 heavy (non-hydrogen) atoms. The second kappa shape index (κ2) is 5.05. The molecule has 0 amide bonds. The third-order valence-electron chi connectivity index (χ3n) is 1.71. The Morgan fingerprint density at radius 2 is 2.08 bits per heavy atom. The fourth-order valence-corrected chi connectivity index (χ4v) is 1.12. The zero-order chi connectivity index (χ0) is 9.14. The second-order valence-electron chi connectivity index (χ2n) is 2.50. The van der Waals surface area contributed by atoms with Gasteiger partial charge >= 0.3 is 5.97 Å². The largest absolute Gasteiger partial charge is 0.584 e. The summed E-state index contributed by atoms with van der Waals surface area (Å²) in [5.74, 6) is -0.392. The SMILES string of the molecule is C[OH+]c1cccc(C)c1C(=O)O.[Ti]. The van der Waals surface area contributed by atoms with E-state index < -0.39 is 5.97 Å². The molecule has 0 spiro atoms. The number of carbonyl (C=O) groups is 1. The molecule has 0 aromatic heterocycles. The predicted molar refractivity (Wildman–Crippen MR) is 45.7 cm³/mol. The topological polar surface area (TPSA) is 50.1 Å². The molecule has 0 fully saturated rings. The number of aromatic hydroxyl groups is 1. The van der Waals surface area contributed by atoms with Gasteiger partial charge in [0.2, 0.25) is 0 Å². The average molecular weight is 215 g/mol. The average Bonchev–Trinajstić information content (AvgIpc) is 2.03. The standard InChI is InChI=1S/C9H10O3.Ti/c1-6-4-3-5-7(12-2)8(6)9(10)11;/h3-5H,1-2H3,(H,10,11);/p+1. The molecule has 2 N–H and O–H groups in total. The van der Waals surface area contributed by atoms with Gasteiger partial charge in [-0.25, -0.2) is 4.79 Å². The number of ether oxygens (including phenoxy) is 1. The minimum atomic E-state index is -0.922. The fourth-order valence-electron chi connectivity index (χ4n) is 1.12. The van der Waals surface area contributed by atoms with Crippen LogP contribution in [-0.2, 0) is 21.7 Å². The van der Waals surface area contributed by atoms with Crippen molar-refractivity contribution in [1.29, 1.82) is 0 Å². The maximum Gasteiger partial charge on any atom is 0.345 e. The van der Waals surface area contributed by atoms with Crippen molar-refractivity contribution < 1.29 is 36.4 Å². The van der Waals surface area contributed by atoms with E-state index in [1.807, 2.05) is 0 Å². The van der Waals surface area contributed by atoms with Crippen LogP contribution >= 0.6 is 0 Å². The van der Waals surface area contributed by atoms with E-state index in [1.54, 1.807) is 32.2 Å². The van der Waals surface area contributed by atoms with Gasteiger partial charge in [0.25, 0.3) is 5.75 Å². The Balaban J connectivity index is 0.00000144. The predicted octanol–water partition coefficient (Wildman–Crippen LogP) is 1.56. The maximum absolute atomic E-state index is 10.7. The van der Waals surface area contributed by atoms with Crippen molar-refractivity contribution >= 4 is 5.97 Å². The first-order valence-electron chi connectivity index (χ1n) is 3.59. The van der Waals surface area contributed by atoms with Crippen LogP contribution in [0.25, 0.3) is 0 Å². The summed E-state index contributed by atoms with van der Waals surface area (Å²) in [6.07, 6.45) is 0. The van der Waals surface area contributed by atoms with Gasteiger partial charge in [-0.3, -0.25) is 0 Å². The summed E-state index contributed by atoms with van der Waals surface area (Å²) < 4.78 is 3.87. The molecule has 0 aliphatic rings.